The summed E-state index contributed by atoms with van der Waals surface area (Å²) in [7, 11) is 0. The molecule has 3 heteroatoms. The van der Waals surface area contributed by atoms with Crippen LogP contribution in [0.25, 0.3) is 0 Å². The van der Waals surface area contributed by atoms with Gasteiger partial charge in [-0.2, -0.15) is 0 Å². The van der Waals surface area contributed by atoms with Gasteiger partial charge in [-0.15, -0.1) is 0 Å². The fourth-order valence-corrected chi connectivity index (χ4v) is 4.90. The maximum atomic E-state index is 12.8. The zero-order valence-corrected chi connectivity index (χ0v) is 13.9. The van der Waals surface area contributed by atoms with Crippen LogP contribution in [-0.4, -0.2) is 18.5 Å². The first-order valence-electron chi connectivity index (χ1n) is 8.27. The van der Waals surface area contributed by atoms with Crippen LogP contribution in [0.2, 0.25) is 0 Å². The van der Waals surface area contributed by atoms with Gasteiger partial charge < -0.3 is 11.1 Å². The molecule has 2 aliphatic rings. The Hall–Kier alpha value is -0.570. The smallest absolute Gasteiger partial charge is 0.227 e. The molecule has 2 fully saturated rings. The summed E-state index contributed by atoms with van der Waals surface area (Å²) in [6.07, 6.45) is 5.47. The first kappa shape index (κ1) is 15.8. The number of rotatable bonds is 5. The van der Waals surface area contributed by atoms with Crippen molar-refractivity contribution in [1.82, 2.24) is 5.32 Å². The highest BCUT2D eigenvalue weighted by Gasteiger charge is 2.60. The van der Waals surface area contributed by atoms with E-state index in [0.717, 1.165) is 18.8 Å². The molecule has 116 valence electrons. The van der Waals surface area contributed by atoms with Crippen molar-refractivity contribution in [2.45, 2.75) is 72.8 Å². The fraction of sp³-hybridized carbons (Fsp3) is 0.941. The molecule has 0 spiro atoms. The van der Waals surface area contributed by atoms with Crippen molar-refractivity contribution in [3.8, 4) is 0 Å². The Bertz CT molecular complexity index is 373. The van der Waals surface area contributed by atoms with Gasteiger partial charge in [-0.05, 0) is 48.9 Å². The van der Waals surface area contributed by atoms with E-state index in [1.165, 1.54) is 19.3 Å². The van der Waals surface area contributed by atoms with E-state index in [4.69, 9.17) is 5.73 Å². The molecular weight excluding hydrogens is 248 g/mol. The van der Waals surface area contributed by atoms with Gasteiger partial charge in [0, 0.05) is 12.6 Å². The molecule has 2 aliphatic carbocycles. The molecule has 3 N–H and O–H groups in total. The molecule has 3 atom stereocenters. The highest BCUT2D eigenvalue weighted by atomic mass is 16.2. The molecular formula is C17H32N2O. The first-order chi connectivity index (χ1) is 9.25. The van der Waals surface area contributed by atoms with Crippen LogP contribution in [-0.2, 0) is 4.79 Å². The van der Waals surface area contributed by atoms with E-state index in [1.54, 1.807) is 0 Å². The number of carbonyl (C=O) groups excluding carboxylic acids is 1. The van der Waals surface area contributed by atoms with Crippen LogP contribution < -0.4 is 11.1 Å². The Kier molecular flexibility index (Phi) is 3.96. The fourth-order valence-electron chi connectivity index (χ4n) is 4.90. The summed E-state index contributed by atoms with van der Waals surface area (Å²) in [6, 6.07) is 0.297. The normalized spacial score (nSPS) is 35.3. The van der Waals surface area contributed by atoms with E-state index in [2.05, 4.69) is 39.9 Å². The van der Waals surface area contributed by atoms with Gasteiger partial charge in [0.05, 0.1) is 5.41 Å². The summed E-state index contributed by atoms with van der Waals surface area (Å²) in [5.41, 5.74) is 6.04. The predicted octanol–water partition coefficient (Wildman–Crippen LogP) is 3.08. The van der Waals surface area contributed by atoms with Crippen LogP contribution in [0.5, 0.6) is 0 Å². The summed E-state index contributed by atoms with van der Waals surface area (Å²) >= 11 is 0. The Labute approximate surface area is 124 Å². The first-order valence-corrected chi connectivity index (χ1v) is 8.27. The lowest BCUT2D eigenvalue weighted by Gasteiger charge is -2.44. The van der Waals surface area contributed by atoms with Gasteiger partial charge in [-0.3, -0.25) is 4.79 Å². The molecule has 0 radical (unpaired) electrons. The molecule has 3 nitrogen and oxygen atoms in total. The van der Waals surface area contributed by atoms with E-state index >= 15 is 0 Å². The van der Waals surface area contributed by atoms with E-state index < -0.39 is 0 Å². The minimum Gasteiger partial charge on any atom is -0.352 e. The number of nitrogens with one attached hydrogen (secondary N) is 1. The molecule has 3 unspecified atom stereocenters. The third-order valence-corrected chi connectivity index (χ3v) is 6.77. The van der Waals surface area contributed by atoms with Crippen LogP contribution in [0, 0.1) is 22.2 Å². The van der Waals surface area contributed by atoms with Crippen molar-refractivity contribution in [2.75, 3.05) is 6.54 Å². The monoisotopic (exact) mass is 280 g/mol. The largest absolute Gasteiger partial charge is 0.352 e. The Balaban J connectivity index is 2.19. The number of fused-ring (bicyclic) bond motifs is 2. The van der Waals surface area contributed by atoms with Crippen LogP contribution in [0.15, 0.2) is 0 Å². The van der Waals surface area contributed by atoms with Gasteiger partial charge >= 0.3 is 0 Å². The summed E-state index contributed by atoms with van der Waals surface area (Å²) in [5, 5.41) is 3.42. The molecule has 1 amide bonds. The van der Waals surface area contributed by atoms with E-state index in [1.807, 2.05) is 0 Å². The minimum absolute atomic E-state index is 0.178. The minimum atomic E-state index is -0.381. The van der Waals surface area contributed by atoms with Crippen molar-refractivity contribution in [2.24, 2.45) is 27.9 Å². The third-order valence-electron chi connectivity index (χ3n) is 6.77. The topological polar surface area (TPSA) is 55.1 Å². The summed E-state index contributed by atoms with van der Waals surface area (Å²) < 4.78 is 0. The molecule has 2 bridgehead atoms. The molecule has 0 aromatic carbocycles. The second-order valence-electron chi connectivity index (χ2n) is 8.01. The quantitative estimate of drug-likeness (QED) is 0.813. The molecule has 0 aliphatic heterocycles. The Morgan fingerprint density at radius 2 is 1.90 bits per heavy atom. The van der Waals surface area contributed by atoms with Crippen LogP contribution in [0.4, 0.5) is 0 Å². The zero-order chi connectivity index (χ0) is 15.2. The summed E-state index contributed by atoms with van der Waals surface area (Å²) in [6.45, 7) is 11.6. The van der Waals surface area contributed by atoms with Gasteiger partial charge in [-0.1, -0.05) is 34.6 Å². The van der Waals surface area contributed by atoms with Gasteiger partial charge in [-0.25, -0.2) is 0 Å². The standard InChI is InChI=1S/C17H32N2O/c1-6-17(7-2,11-18)14(20)19-13-15(3,4)12-8-9-16(13,5)10-12/h12-13H,6-11,18H2,1-5H3,(H,19,20). The van der Waals surface area contributed by atoms with Gasteiger partial charge in [0.25, 0.3) is 0 Å². The summed E-state index contributed by atoms with van der Waals surface area (Å²) in [4.78, 5) is 12.8. The van der Waals surface area contributed by atoms with Crippen molar-refractivity contribution in [1.29, 1.82) is 0 Å². The maximum Gasteiger partial charge on any atom is 0.227 e. The Morgan fingerprint density at radius 3 is 2.30 bits per heavy atom. The lowest BCUT2D eigenvalue weighted by atomic mass is 9.68. The zero-order valence-electron chi connectivity index (χ0n) is 13.9. The number of nitrogens with two attached hydrogens (primary N) is 1. The molecule has 2 rings (SSSR count). The number of carbonyl (C=O) groups is 1. The lowest BCUT2D eigenvalue weighted by Crippen LogP contribution is -2.57. The summed E-state index contributed by atoms with van der Waals surface area (Å²) in [5.74, 6) is 0.935. The van der Waals surface area contributed by atoms with Crippen molar-refractivity contribution in [3.63, 3.8) is 0 Å². The number of hydrogen-bond donors (Lipinski definition) is 2. The second-order valence-corrected chi connectivity index (χ2v) is 8.01. The highest BCUT2D eigenvalue weighted by molar-refractivity contribution is 5.83. The predicted molar refractivity (Wildman–Crippen MR) is 83.2 cm³/mol. The molecule has 0 aromatic rings. The SMILES string of the molecule is CCC(CC)(CN)C(=O)NC1C2(C)CCC(C2)C1(C)C. The molecule has 0 aromatic heterocycles. The van der Waals surface area contributed by atoms with Gasteiger partial charge in [0.15, 0.2) is 0 Å². The second kappa shape index (κ2) is 5.01. The average molecular weight is 280 g/mol. The van der Waals surface area contributed by atoms with E-state index in [-0.39, 0.29) is 22.2 Å². The molecule has 20 heavy (non-hydrogen) atoms. The number of hydrogen-bond acceptors (Lipinski definition) is 2. The van der Waals surface area contributed by atoms with Crippen LogP contribution in [0.1, 0.15) is 66.7 Å². The highest BCUT2D eigenvalue weighted by Crippen LogP contribution is 2.62. The van der Waals surface area contributed by atoms with E-state index in [0.29, 0.717) is 12.6 Å². The maximum absolute atomic E-state index is 12.8. The molecule has 0 saturated heterocycles. The lowest BCUT2D eigenvalue weighted by molar-refractivity contribution is -0.134. The molecule has 0 heterocycles. The van der Waals surface area contributed by atoms with Gasteiger partial charge in [0.1, 0.15) is 0 Å². The average Bonchev–Trinajstić information content (AvgIpc) is 2.88. The van der Waals surface area contributed by atoms with Gasteiger partial charge in [0.2, 0.25) is 5.91 Å². The molecule has 2 saturated carbocycles. The van der Waals surface area contributed by atoms with E-state index in [9.17, 15) is 4.79 Å². The van der Waals surface area contributed by atoms with Crippen molar-refractivity contribution in [3.05, 3.63) is 0 Å². The van der Waals surface area contributed by atoms with Crippen molar-refractivity contribution >= 4 is 5.91 Å². The van der Waals surface area contributed by atoms with Crippen LogP contribution >= 0.6 is 0 Å². The third kappa shape index (κ3) is 2.09. The van der Waals surface area contributed by atoms with Crippen molar-refractivity contribution < 1.29 is 4.79 Å². The number of amides is 1. The Morgan fingerprint density at radius 1 is 1.30 bits per heavy atom. The van der Waals surface area contributed by atoms with Crippen LogP contribution in [0.3, 0.4) is 0 Å².